The zero-order valence-corrected chi connectivity index (χ0v) is 17.1. The molecule has 0 atom stereocenters. The van der Waals surface area contributed by atoms with Crippen molar-refractivity contribution >= 4 is 39.7 Å². The van der Waals surface area contributed by atoms with E-state index >= 15 is 0 Å². The third-order valence-corrected chi connectivity index (χ3v) is 5.05. The highest BCUT2D eigenvalue weighted by Crippen LogP contribution is 2.33. The number of rotatable bonds is 4. The summed E-state index contributed by atoms with van der Waals surface area (Å²) >= 11 is 6.03. The van der Waals surface area contributed by atoms with Crippen LogP contribution in [0.25, 0.3) is 22.0 Å². The summed E-state index contributed by atoms with van der Waals surface area (Å²) in [5.74, 6) is -0.197. The molecule has 3 aromatic heterocycles. The minimum Gasteiger partial charge on any atom is -0.383 e. The van der Waals surface area contributed by atoms with Gasteiger partial charge in [-0.2, -0.15) is 0 Å². The maximum absolute atomic E-state index is 14.4. The van der Waals surface area contributed by atoms with E-state index in [4.69, 9.17) is 17.3 Å². The first-order chi connectivity index (χ1) is 14.3. The van der Waals surface area contributed by atoms with Crippen molar-refractivity contribution in [3.8, 4) is 11.1 Å². The van der Waals surface area contributed by atoms with Gasteiger partial charge in [-0.25, -0.2) is 9.37 Å². The first-order valence-corrected chi connectivity index (χ1v) is 9.72. The molecule has 1 aromatic carbocycles. The van der Waals surface area contributed by atoms with Crippen molar-refractivity contribution in [2.75, 3.05) is 11.1 Å². The monoisotopic (exact) mass is 423 g/mol. The summed E-state index contributed by atoms with van der Waals surface area (Å²) in [5, 5.41) is 4.33. The van der Waals surface area contributed by atoms with Crippen LogP contribution in [0.2, 0.25) is 5.02 Å². The number of H-pyrrole nitrogens is 1. The molecule has 0 spiro atoms. The Labute approximate surface area is 177 Å². The van der Waals surface area contributed by atoms with Gasteiger partial charge in [0.1, 0.15) is 11.6 Å². The number of fused-ring (bicyclic) bond motifs is 1. The number of aromatic amines is 1. The summed E-state index contributed by atoms with van der Waals surface area (Å²) in [6.07, 6.45) is 3.25. The number of halogens is 2. The summed E-state index contributed by atoms with van der Waals surface area (Å²) in [5.41, 5.74) is 8.64. The van der Waals surface area contributed by atoms with Crippen molar-refractivity contribution in [1.29, 1.82) is 0 Å². The molecule has 6 nitrogen and oxygen atoms in total. The first kappa shape index (κ1) is 19.8. The number of anilines is 3. The molecule has 4 aromatic rings. The minimum absolute atomic E-state index is 0.00188. The van der Waals surface area contributed by atoms with Crippen molar-refractivity contribution in [2.24, 2.45) is 0 Å². The third kappa shape index (κ3) is 3.59. The quantitative estimate of drug-likeness (QED) is 0.417. The van der Waals surface area contributed by atoms with Crippen molar-refractivity contribution < 1.29 is 4.39 Å². The van der Waals surface area contributed by atoms with Crippen LogP contribution in [0.5, 0.6) is 0 Å². The van der Waals surface area contributed by atoms with E-state index in [0.29, 0.717) is 38.8 Å². The molecule has 0 fully saturated rings. The Morgan fingerprint density at radius 3 is 2.60 bits per heavy atom. The first-order valence-electron chi connectivity index (χ1n) is 9.34. The average molecular weight is 424 g/mol. The summed E-state index contributed by atoms with van der Waals surface area (Å²) in [6, 6.07) is 9.28. The van der Waals surface area contributed by atoms with Gasteiger partial charge in [0.05, 0.1) is 27.8 Å². The summed E-state index contributed by atoms with van der Waals surface area (Å²) in [4.78, 5) is 24.1. The number of hydrogen-bond donors (Lipinski definition) is 3. The molecule has 8 heteroatoms. The Morgan fingerprint density at radius 2 is 1.83 bits per heavy atom. The number of nitrogens with one attached hydrogen (secondary N) is 2. The highest BCUT2D eigenvalue weighted by atomic mass is 35.5. The van der Waals surface area contributed by atoms with Gasteiger partial charge in [-0.15, -0.1) is 0 Å². The van der Waals surface area contributed by atoms with E-state index < -0.39 is 11.4 Å². The summed E-state index contributed by atoms with van der Waals surface area (Å²) in [7, 11) is 0. The molecule has 0 saturated carbocycles. The van der Waals surface area contributed by atoms with Crippen molar-refractivity contribution in [1.82, 2.24) is 15.0 Å². The Hall–Kier alpha value is -3.45. The number of nitrogens with zero attached hydrogens (tertiary/aromatic N) is 2. The molecule has 0 saturated heterocycles. The van der Waals surface area contributed by atoms with Crippen LogP contribution in [-0.2, 0) is 0 Å². The molecule has 0 radical (unpaired) electrons. The highest BCUT2D eigenvalue weighted by molar-refractivity contribution is 6.30. The number of aromatic nitrogens is 3. The van der Waals surface area contributed by atoms with Crippen LogP contribution in [0.4, 0.5) is 21.6 Å². The van der Waals surface area contributed by atoms with E-state index in [1.165, 1.54) is 18.2 Å². The van der Waals surface area contributed by atoms with E-state index in [0.717, 1.165) is 0 Å². The summed E-state index contributed by atoms with van der Waals surface area (Å²) in [6.45, 7) is 3.91. The smallest absolute Gasteiger partial charge is 0.256 e. The molecule has 0 bridgehead atoms. The molecule has 3 heterocycles. The van der Waals surface area contributed by atoms with Gasteiger partial charge in [-0.1, -0.05) is 25.4 Å². The second-order valence-corrected chi connectivity index (χ2v) is 7.63. The van der Waals surface area contributed by atoms with Crippen LogP contribution in [0.3, 0.4) is 0 Å². The van der Waals surface area contributed by atoms with E-state index in [1.54, 1.807) is 30.6 Å². The largest absolute Gasteiger partial charge is 0.383 e. The van der Waals surface area contributed by atoms with E-state index in [9.17, 15) is 9.18 Å². The normalized spacial score (nSPS) is 11.2. The van der Waals surface area contributed by atoms with E-state index in [2.05, 4.69) is 20.3 Å². The third-order valence-electron chi connectivity index (χ3n) is 4.82. The zero-order valence-electron chi connectivity index (χ0n) is 16.3. The molecule has 0 amide bonds. The van der Waals surface area contributed by atoms with Gasteiger partial charge in [0.15, 0.2) is 0 Å². The maximum atomic E-state index is 14.4. The zero-order chi connectivity index (χ0) is 21.4. The number of benzene rings is 1. The molecule has 30 heavy (non-hydrogen) atoms. The van der Waals surface area contributed by atoms with Crippen LogP contribution < -0.4 is 16.6 Å². The topological polar surface area (TPSA) is 96.7 Å². The Bertz CT molecular complexity index is 1310. The lowest BCUT2D eigenvalue weighted by Gasteiger charge is -2.17. The molecular weight excluding hydrogens is 405 g/mol. The number of nitrogens with two attached hydrogens (primary N) is 1. The van der Waals surface area contributed by atoms with Crippen LogP contribution in [-0.4, -0.2) is 15.0 Å². The van der Waals surface area contributed by atoms with E-state index in [-0.39, 0.29) is 17.0 Å². The molecule has 0 aliphatic rings. The van der Waals surface area contributed by atoms with Gasteiger partial charge in [0.2, 0.25) is 0 Å². The Kier molecular flexibility index (Phi) is 5.13. The van der Waals surface area contributed by atoms with Gasteiger partial charge in [-0.05, 0) is 42.3 Å². The van der Waals surface area contributed by atoms with Crippen molar-refractivity contribution in [2.45, 2.75) is 19.8 Å². The fourth-order valence-corrected chi connectivity index (χ4v) is 3.55. The van der Waals surface area contributed by atoms with Gasteiger partial charge in [0, 0.05) is 28.7 Å². The van der Waals surface area contributed by atoms with Gasteiger partial charge >= 0.3 is 0 Å². The molecule has 4 N–H and O–H groups in total. The highest BCUT2D eigenvalue weighted by Gasteiger charge is 2.17. The van der Waals surface area contributed by atoms with Crippen LogP contribution >= 0.6 is 11.6 Å². The van der Waals surface area contributed by atoms with Gasteiger partial charge in [-0.3, -0.25) is 9.78 Å². The number of nitrogen functional groups attached to an aromatic ring is 1. The fraction of sp³-hybridized carbons (Fsp3) is 0.136. The SMILES string of the molecule is CC(C)c1[nH]c(=O)c(-c2cc(Cl)ccc2F)cc1Nc1ccnc2ccnc(N)c12. The minimum atomic E-state index is -0.532. The second kappa shape index (κ2) is 7.76. The van der Waals surface area contributed by atoms with Crippen molar-refractivity contribution in [3.63, 3.8) is 0 Å². The lowest BCUT2D eigenvalue weighted by atomic mass is 10.0. The molecule has 4 rings (SSSR count). The number of hydrogen-bond acceptors (Lipinski definition) is 5. The van der Waals surface area contributed by atoms with Gasteiger partial charge in [0.25, 0.3) is 5.56 Å². The predicted octanol–water partition coefficient (Wildman–Crippen LogP) is 5.23. The lowest BCUT2D eigenvalue weighted by molar-refractivity contribution is 0.631. The fourth-order valence-electron chi connectivity index (χ4n) is 3.38. The standard InChI is InChI=1S/C22H19ClFN5O/c1-11(2)20-18(28-17-6-7-26-16-5-8-27-21(25)19(16)17)10-14(22(30)29-20)13-9-12(23)3-4-15(13)24/h3-11H,1-2H3,(H2,25,27)(H,26,28)(H,29,30). The van der Waals surface area contributed by atoms with Crippen LogP contribution in [0, 0.1) is 5.82 Å². The average Bonchev–Trinajstić information content (AvgIpc) is 2.71. The molecule has 0 aliphatic carbocycles. The van der Waals surface area contributed by atoms with Gasteiger partial charge < -0.3 is 16.0 Å². The molecule has 0 aliphatic heterocycles. The second-order valence-electron chi connectivity index (χ2n) is 7.19. The lowest BCUT2D eigenvalue weighted by Crippen LogP contribution is -2.15. The maximum Gasteiger partial charge on any atom is 0.256 e. The predicted molar refractivity (Wildman–Crippen MR) is 119 cm³/mol. The summed E-state index contributed by atoms with van der Waals surface area (Å²) < 4.78 is 14.4. The molecule has 152 valence electrons. The van der Waals surface area contributed by atoms with E-state index in [1.807, 2.05) is 13.8 Å². The Balaban J connectivity index is 1.92. The molecular formula is C22H19ClFN5O. The number of pyridine rings is 3. The van der Waals surface area contributed by atoms with Crippen molar-refractivity contribution in [3.05, 3.63) is 75.7 Å². The van der Waals surface area contributed by atoms with Crippen LogP contribution in [0.15, 0.2) is 53.6 Å². The Morgan fingerprint density at radius 1 is 1.07 bits per heavy atom. The molecule has 0 unspecified atom stereocenters. The van der Waals surface area contributed by atoms with Crippen LogP contribution in [0.1, 0.15) is 25.5 Å².